The van der Waals surface area contributed by atoms with Crippen LogP contribution in [0.2, 0.25) is 0 Å². The van der Waals surface area contributed by atoms with E-state index in [1.54, 1.807) is 7.11 Å². The number of rotatable bonds is 3. The second-order valence-corrected chi connectivity index (χ2v) is 7.89. The van der Waals surface area contributed by atoms with Crippen LogP contribution in [0.5, 0.6) is 5.75 Å². The first-order chi connectivity index (χ1) is 12.3. The fourth-order valence-electron chi connectivity index (χ4n) is 5.15. The largest absolute Gasteiger partial charge is 0.497 e. The van der Waals surface area contributed by atoms with Crippen LogP contribution in [0.25, 0.3) is 11.1 Å². The lowest BCUT2D eigenvalue weighted by Crippen LogP contribution is -2.49. The molecule has 4 heteroatoms. The van der Waals surface area contributed by atoms with E-state index in [2.05, 4.69) is 33.0 Å². The molecule has 1 aromatic heterocycles. The minimum atomic E-state index is 0.647. The molecule has 4 nitrogen and oxygen atoms in total. The first kappa shape index (κ1) is 15.2. The summed E-state index contributed by atoms with van der Waals surface area (Å²) in [5.74, 6) is 2.60. The number of nitrogens with zero attached hydrogens (tertiary/aromatic N) is 3. The van der Waals surface area contributed by atoms with Gasteiger partial charge in [-0.15, -0.1) is 0 Å². The summed E-state index contributed by atoms with van der Waals surface area (Å²) in [7, 11) is 1.71. The summed E-state index contributed by atoms with van der Waals surface area (Å²) >= 11 is 0. The zero-order valence-electron chi connectivity index (χ0n) is 14.8. The van der Waals surface area contributed by atoms with Crippen LogP contribution in [0.15, 0.2) is 42.7 Å². The van der Waals surface area contributed by atoms with Gasteiger partial charge in [0.15, 0.2) is 0 Å². The lowest BCUT2D eigenvalue weighted by Gasteiger charge is -2.41. The lowest BCUT2D eigenvalue weighted by molar-refractivity contribution is 0.0980. The highest BCUT2D eigenvalue weighted by Crippen LogP contribution is 2.39. The van der Waals surface area contributed by atoms with E-state index in [4.69, 9.17) is 4.74 Å². The molecule has 0 N–H and O–H groups in total. The monoisotopic (exact) mass is 335 g/mol. The second-order valence-electron chi connectivity index (χ2n) is 7.89. The Labute approximate surface area is 149 Å². The minimum Gasteiger partial charge on any atom is -0.497 e. The molecular weight excluding hydrogens is 310 g/mol. The molecule has 4 aliphatic heterocycles. The van der Waals surface area contributed by atoms with Crippen LogP contribution in [0.1, 0.15) is 12.8 Å². The van der Waals surface area contributed by atoms with Gasteiger partial charge in [-0.1, -0.05) is 12.1 Å². The van der Waals surface area contributed by atoms with Crippen molar-refractivity contribution in [2.75, 3.05) is 38.2 Å². The predicted octanol–water partition coefficient (Wildman–Crippen LogP) is 3.29. The number of ether oxygens (including phenoxy) is 1. The van der Waals surface area contributed by atoms with Gasteiger partial charge in [0.25, 0.3) is 0 Å². The first-order valence-electron chi connectivity index (χ1n) is 9.37. The van der Waals surface area contributed by atoms with Crippen LogP contribution in [-0.4, -0.2) is 49.2 Å². The Kier molecular flexibility index (Phi) is 3.66. The highest BCUT2D eigenvalue weighted by Gasteiger charge is 2.41. The number of aromatic nitrogens is 1. The fourth-order valence-corrected chi connectivity index (χ4v) is 5.15. The van der Waals surface area contributed by atoms with Crippen LogP contribution in [-0.2, 0) is 0 Å². The Morgan fingerprint density at radius 3 is 2.76 bits per heavy atom. The van der Waals surface area contributed by atoms with E-state index < -0.39 is 0 Å². The summed E-state index contributed by atoms with van der Waals surface area (Å²) in [4.78, 5) is 9.90. The number of hydrogen-bond donors (Lipinski definition) is 0. The molecular formula is C21H25N3O. The zero-order valence-corrected chi connectivity index (χ0v) is 14.8. The van der Waals surface area contributed by atoms with Crippen LogP contribution in [0, 0.1) is 11.8 Å². The molecule has 25 heavy (non-hydrogen) atoms. The summed E-state index contributed by atoms with van der Waals surface area (Å²) in [5, 5.41) is 0. The number of piperidine rings is 2. The van der Waals surface area contributed by atoms with E-state index in [9.17, 15) is 0 Å². The van der Waals surface area contributed by atoms with Crippen molar-refractivity contribution in [3.63, 3.8) is 0 Å². The quantitative estimate of drug-likeness (QED) is 0.861. The molecule has 4 atom stereocenters. The summed E-state index contributed by atoms with van der Waals surface area (Å²) < 4.78 is 5.38. The van der Waals surface area contributed by atoms with Gasteiger partial charge in [-0.2, -0.15) is 0 Å². The van der Waals surface area contributed by atoms with Gasteiger partial charge in [-0.05, 0) is 48.4 Å². The average molecular weight is 335 g/mol. The van der Waals surface area contributed by atoms with Gasteiger partial charge in [0.1, 0.15) is 5.75 Å². The highest BCUT2D eigenvalue weighted by atomic mass is 16.5. The van der Waals surface area contributed by atoms with Crippen molar-refractivity contribution in [3.05, 3.63) is 42.7 Å². The van der Waals surface area contributed by atoms with Gasteiger partial charge in [0.05, 0.1) is 19.0 Å². The molecule has 0 spiro atoms. The molecule has 4 aliphatic rings. The number of benzene rings is 1. The van der Waals surface area contributed by atoms with Crippen molar-refractivity contribution in [2.24, 2.45) is 11.8 Å². The molecule has 0 saturated carbocycles. The van der Waals surface area contributed by atoms with E-state index in [0.717, 1.165) is 23.1 Å². The standard InChI is InChI=1S/C21H25N3O/c1-25-21-4-2-3-17(8-21)18-7-19(10-22-9-18)24-13-16-5-15-6-20(24)14-23(11-15)12-16/h2-4,7-10,15-16,20H,5-6,11-14H2,1H3. The molecule has 2 aromatic rings. The average Bonchev–Trinajstić information content (AvgIpc) is 2.85. The van der Waals surface area contributed by atoms with Gasteiger partial charge in [0.2, 0.25) is 0 Å². The fraction of sp³-hybridized carbons (Fsp3) is 0.476. The van der Waals surface area contributed by atoms with Gasteiger partial charge < -0.3 is 14.5 Å². The van der Waals surface area contributed by atoms with E-state index in [1.807, 2.05) is 24.5 Å². The number of hydrogen-bond acceptors (Lipinski definition) is 4. The third kappa shape index (κ3) is 2.78. The number of methoxy groups -OCH3 is 1. The maximum atomic E-state index is 5.38. The molecule has 1 aromatic carbocycles. The van der Waals surface area contributed by atoms with Crippen LogP contribution < -0.4 is 9.64 Å². The number of anilines is 1. The maximum Gasteiger partial charge on any atom is 0.119 e. The molecule has 4 fully saturated rings. The van der Waals surface area contributed by atoms with E-state index in [0.29, 0.717) is 6.04 Å². The SMILES string of the molecule is COc1cccc(-c2cncc(N3CC4CC5CC3CN(C5)C4)c2)c1. The van der Waals surface area contributed by atoms with Gasteiger partial charge in [-0.25, -0.2) is 0 Å². The third-order valence-electron chi connectivity index (χ3n) is 6.13. The van der Waals surface area contributed by atoms with Crippen molar-refractivity contribution in [1.82, 2.24) is 9.88 Å². The van der Waals surface area contributed by atoms with Crippen LogP contribution in [0.4, 0.5) is 5.69 Å². The second kappa shape index (κ2) is 6.03. The molecule has 4 unspecified atom stereocenters. The van der Waals surface area contributed by atoms with Crippen LogP contribution >= 0.6 is 0 Å². The molecule has 0 amide bonds. The molecule has 0 radical (unpaired) electrons. The van der Waals surface area contributed by atoms with E-state index >= 15 is 0 Å². The third-order valence-corrected chi connectivity index (χ3v) is 6.13. The van der Waals surface area contributed by atoms with Crippen LogP contribution in [0.3, 0.4) is 0 Å². The number of pyridine rings is 1. The minimum absolute atomic E-state index is 0.647. The van der Waals surface area contributed by atoms with Crippen molar-refractivity contribution in [3.8, 4) is 16.9 Å². The summed E-state index contributed by atoms with van der Waals surface area (Å²) in [5.41, 5.74) is 3.61. The Bertz CT molecular complexity index is 763. The smallest absolute Gasteiger partial charge is 0.119 e. The summed E-state index contributed by atoms with van der Waals surface area (Å²) in [6, 6.07) is 11.2. The predicted molar refractivity (Wildman–Crippen MR) is 100 cm³/mol. The van der Waals surface area contributed by atoms with Crippen molar-refractivity contribution in [1.29, 1.82) is 0 Å². The van der Waals surface area contributed by atoms with E-state index in [1.165, 1.54) is 50.3 Å². The van der Waals surface area contributed by atoms with E-state index in [-0.39, 0.29) is 0 Å². The Morgan fingerprint density at radius 1 is 0.960 bits per heavy atom. The Hall–Kier alpha value is -2.07. The van der Waals surface area contributed by atoms with Crippen molar-refractivity contribution in [2.45, 2.75) is 18.9 Å². The Morgan fingerprint density at radius 2 is 1.88 bits per heavy atom. The molecule has 130 valence electrons. The van der Waals surface area contributed by atoms with Crippen molar-refractivity contribution >= 4 is 5.69 Å². The normalized spacial score (nSPS) is 30.4. The lowest BCUT2D eigenvalue weighted by atomic mass is 9.84. The highest BCUT2D eigenvalue weighted by molar-refractivity contribution is 5.68. The molecule has 0 aliphatic carbocycles. The zero-order chi connectivity index (χ0) is 16.8. The molecule has 4 bridgehead atoms. The topological polar surface area (TPSA) is 28.6 Å². The molecule has 4 saturated heterocycles. The number of fused-ring (bicyclic) bond motifs is 1. The molecule has 5 heterocycles. The van der Waals surface area contributed by atoms with Gasteiger partial charge in [-0.3, -0.25) is 4.98 Å². The van der Waals surface area contributed by atoms with Gasteiger partial charge in [0, 0.05) is 44.0 Å². The maximum absolute atomic E-state index is 5.38. The summed E-state index contributed by atoms with van der Waals surface area (Å²) in [6.07, 6.45) is 6.76. The summed E-state index contributed by atoms with van der Waals surface area (Å²) in [6.45, 7) is 5.01. The first-order valence-corrected chi connectivity index (χ1v) is 9.37. The van der Waals surface area contributed by atoms with Crippen molar-refractivity contribution < 1.29 is 4.74 Å². The Balaban J connectivity index is 1.48. The molecule has 6 rings (SSSR count). The van der Waals surface area contributed by atoms with Gasteiger partial charge >= 0.3 is 0 Å².